The third kappa shape index (κ3) is 3.28. The van der Waals surface area contributed by atoms with Gasteiger partial charge in [-0.3, -0.25) is 4.98 Å². The van der Waals surface area contributed by atoms with E-state index in [2.05, 4.69) is 33.9 Å². The van der Waals surface area contributed by atoms with Gasteiger partial charge < -0.3 is 10.2 Å². The maximum absolute atomic E-state index is 12.9. The second-order valence-corrected chi connectivity index (χ2v) is 7.08. The number of hydrogen-bond acceptors (Lipinski definition) is 3. The van der Waals surface area contributed by atoms with Crippen LogP contribution in [0.4, 0.5) is 4.79 Å². The molecule has 0 radical (unpaired) electrons. The van der Waals surface area contributed by atoms with Gasteiger partial charge in [0.2, 0.25) is 0 Å². The zero-order valence-electron chi connectivity index (χ0n) is 13.8. The predicted molar refractivity (Wildman–Crippen MR) is 99.5 cm³/mol. The van der Waals surface area contributed by atoms with Crippen LogP contribution < -0.4 is 5.32 Å². The van der Waals surface area contributed by atoms with E-state index in [9.17, 15) is 4.79 Å². The monoisotopic (exact) mass is 349 g/mol. The Hall–Kier alpha value is -2.66. The topological polar surface area (TPSA) is 45.2 Å². The summed E-state index contributed by atoms with van der Waals surface area (Å²) in [5.74, 6) is 0. The van der Waals surface area contributed by atoms with Crippen molar-refractivity contribution in [1.82, 2.24) is 15.2 Å². The second kappa shape index (κ2) is 7.07. The number of carbonyl (C=O) groups is 1. The minimum atomic E-state index is -0.0328. The van der Waals surface area contributed by atoms with Crippen molar-refractivity contribution in [1.29, 1.82) is 0 Å². The van der Waals surface area contributed by atoms with E-state index >= 15 is 0 Å². The number of hydrogen-bond donors (Lipinski definition) is 1. The van der Waals surface area contributed by atoms with Gasteiger partial charge in [0, 0.05) is 30.4 Å². The molecule has 0 aliphatic carbocycles. The molecular formula is C20H19N3OS. The molecule has 4 nitrogen and oxygen atoms in total. The number of fused-ring (bicyclic) bond motifs is 1. The first-order chi connectivity index (χ1) is 12.3. The summed E-state index contributed by atoms with van der Waals surface area (Å²) in [4.78, 5) is 20.3. The third-order valence-corrected chi connectivity index (χ3v) is 5.51. The Labute approximate surface area is 151 Å². The highest BCUT2D eigenvalue weighted by atomic mass is 32.1. The lowest BCUT2D eigenvalue weighted by Gasteiger charge is -2.36. The molecule has 2 amide bonds. The van der Waals surface area contributed by atoms with Crippen LogP contribution >= 0.6 is 11.3 Å². The molecule has 1 aliphatic heterocycles. The highest BCUT2D eigenvalue weighted by Crippen LogP contribution is 2.37. The van der Waals surface area contributed by atoms with Crippen LogP contribution in [0.1, 0.15) is 27.6 Å². The summed E-state index contributed by atoms with van der Waals surface area (Å²) in [6, 6.07) is 16.2. The van der Waals surface area contributed by atoms with Crippen LogP contribution in [-0.2, 0) is 13.0 Å². The summed E-state index contributed by atoms with van der Waals surface area (Å²) >= 11 is 1.78. The quantitative estimate of drug-likeness (QED) is 0.777. The lowest BCUT2D eigenvalue weighted by molar-refractivity contribution is 0.180. The molecule has 2 aromatic heterocycles. The predicted octanol–water partition coefficient (Wildman–Crippen LogP) is 4.00. The van der Waals surface area contributed by atoms with Crippen molar-refractivity contribution in [3.63, 3.8) is 0 Å². The van der Waals surface area contributed by atoms with Crippen molar-refractivity contribution in [2.75, 3.05) is 6.54 Å². The fraction of sp³-hybridized carbons (Fsp3) is 0.200. The molecule has 4 rings (SSSR count). The van der Waals surface area contributed by atoms with Gasteiger partial charge in [0.1, 0.15) is 0 Å². The molecule has 0 saturated heterocycles. The molecule has 126 valence electrons. The normalized spacial score (nSPS) is 16.3. The molecule has 0 spiro atoms. The summed E-state index contributed by atoms with van der Waals surface area (Å²) in [5, 5.41) is 5.16. The number of carbonyl (C=O) groups excluding carboxylic acids is 1. The van der Waals surface area contributed by atoms with Crippen molar-refractivity contribution in [3.05, 3.63) is 87.9 Å². The van der Waals surface area contributed by atoms with Crippen molar-refractivity contribution >= 4 is 17.4 Å². The van der Waals surface area contributed by atoms with E-state index in [1.165, 1.54) is 10.4 Å². The summed E-state index contributed by atoms with van der Waals surface area (Å²) in [6.07, 6.45) is 4.43. The standard InChI is InChI=1S/C20H19N3OS/c24-20(22-14-15-5-4-10-21-13-15)23-11-8-18-17(9-12-25-18)19(23)16-6-2-1-3-7-16/h1-7,9-10,12-13,19H,8,11,14H2,(H,22,24)/t19-/m0/s1. The van der Waals surface area contributed by atoms with E-state index in [-0.39, 0.29) is 12.1 Å². The number of nitrogens with one attached hydrogen (secondary N) is 1. The largest absolute Gasteiger partial charge is 0.334 e. The molecule has 25 heavy (non-hydrogen) atoms. The third-order valence-electron chi connectivity index (χ3n) is 4.51. The molecular weight excluding hydrogens is 330 g/mol. The maximum Gasteiger partial charge on any atom is 0.318 e. The Morgan fingerprint density at radius 1 is 1.20 bits per heavy atom. The highest BCUT2D eigenvalue weighted by molar-refractivity contribution is 7.10. The minimum absolute atomic E-state index is 0.0231. The second-order valence-electron chi connectivity index (χ2n) is 6.08. The van der Waals surface area contributed by atoms with Crippen LogP contribution in [0.25, 0.3) is 0 Å². The van der Waals surface area contributed by atoms with Gasteiger partial charge in [0.25, 0.3) is 0 Å². The van der Waals surface area contributed by atoms with Gasteiger partial charge in [-0.25, -0.2) is 4.79 Å². The summed E-state index contributed by atoms with van der Waals surface area (Å²) in [7, 11) is 0. The Bertz CT molecular complexity index is 848. The first-order valence-electron chi connectivity index (χ1n) is 8.37. The first-order valence-corrected chi connectivity index (χ1v) is 9.25. The summed E-state index contributed by atoms with van der Waals surface area (Å²) < 4.78 is 0. The molecule has 1 N–H and O–H groups in total. The first kappa shape index (κ1) is 15.8. The zero-order valence-corrected chi connectivity index (χ0v) is 14.6. The molecule has 0 saturated carbocycles. The van der Waals surface area contributed by atoms with E-state index < -0.39 is 0 Å². The molecule has 0 fully saturated rings. The molecule has 0 bridgehead atoms. The molecule has 3 heterocycles. The van der Waals surface area contributed by atoms with Crippen LogP contribution in [0.2, 0.25) is 0 Å². The van der Waals surface area contributed by atoms with Gasteiger partial charge in [-0.2, -0.15) is 0 Å². The zero-order chi connectivity index (χ0) is 17.1. The van der Waals surface area contributed by atoms with Crippen LogP contribution in [-0.4, -0.2) is 22.5 Å². The molecule has 1 atom stereocenters. The number of nitrogens with zero attached hydrogens (tertiary/aromatic N) is 2. The average Bonchev–Trinajstić information content (AvgIpc) is 3.15. The number of rotatable bonds is 3. The van der Waals surface area contributed by atoms with Crippen molar-refractivity contribution in [2.45, 2.75) is 19.0 Å². The summed E-state index contributed by atoms with van der Waals surface area (Å²) in [6.45, 7) is 1.22. The minimum Gasteiger partial charge on any atom is -0.334 e. The summed E-state index contributed by atoms with van der Waals surface area (Å²) in [5.41, 5.74) is 3.40. The smallest absolute Gasteiger partial charge is 0.318 e. The van der Waals surface area contributed by atoms with Gasteiger partial charge in [0.15, 0.2) is 0 Å². The van der Waals surface area contributed by atoms with Gasteiger partial charge in [-0.05, 0) is 40.6 Å². The van der Waals surface area contributed by atoms with Gasteiger partial charge in [-0.15, -0.1) is 11.3 Å². The van der Waals surface area contributed by atoms with E-state index in [0.717, 1.165) is 24.1 Å². The average molecular weight is 349 g/mol. The molecule has 1 aliphatic rings. The maximum atomic E-state index is 12.9. The van der Waals surface area contributed by atoms with E-state index in [1.54, 1.807) is 23.7 Å². The number of urea groups is 1. The Kier molecular flexibility index (Phi) is 4.48. The Morgan fingerprint density at radius 3 is 2.88 bits per heavy atom. The van der Waals surface area contributed by atoms with Gasteiger partial charge >= 0.3 is 6.03 Å². The van der Waals surface area contributed by atoms with Crippen LogP contribution in [0, 0.1) is 0 Å². The van der Waals surface area contributed by atoms with Crippen molar-refractivity contribution < 1.29 is 4.79 Å². The van der Waals surface area contributed by atoms with E-state index in [4.69, 9.17) is 0 Å². The van der Waals surface area contributed by atoms with E-state index in [0.29, 0.717) is 6.54 Å². The highest BCUT2D eigenvalue weighted by Gasteiger charge is 2.32. The SMILES string of the molecule is O=C(NCc1cccnc1)N1CCc2sccc2[C@@H]1c1ccccc1. The Balaban J connectivity index is 1.58. The lowest BCUT2D eigenvalue weighted by Crippen LogP contribution is -2.45. The van der Waals surface area contributed by atoms with Gasteiger partial charge in [-0.1, -0.05) is 36.4 Å². The van der Waals surface area contributed by atoms with Gasteiger partial charge in [0.05, 0.1) is 6.04 Å². The van der Waals surface area contributed by atoms with Crippen LogP contribution in [0.5, 0.6) is 0 Å². The van der Waals surface area contributed by atoms with E-state index in [1.807, 2.05) is 35.2 Å². The number of amides is 2. The molecule has 3 aromatic rings. The molecule has 1 aromatic carbocycles. The fourth-order valence-electron chi connectivity index (χ4n) is 3.31. The lowest BCUT2D eigenvalue weighted by atomic mass is 9.93. The number of pyridine rings is 1. The van der Waals surface area contributed by atoms with Crippen molar-refractivity contribution in [2.24, 2.45) is 0 Å². The number of aromatic nitrogens is 1. The number of benzene rings is 1. The molecule has 0 unspecified atom stereocenters. The Morgan fingerprint density at radius 2 is 2.08 bits per heavy atom. The van der Waals surface area contributed by atoms with Crippen LogP contribution in [0.3, 0.4) is 0 Å². The molecule has 5 heteroatoms. The van der Waals surface area contributed by atoms with Crippen LogP contribution in [0.15, 0.2) is 66.3 Å². The van der Waals surface area contributed by atoms with Crippen molar-refractivity contribution in [3.8, 4) is 0 Å². The number of thiophene rings is 1. The fourth-order valence-corrected chi connectivity index (χ4v) is 4.22.